The molecule has 1 aliphatic rings. The van der Waals surface area contributed by atoms with E-state index >= 15 is 0 Å². The molecule has 6 nitrogen and oxygen atoms in total. The summed E-state index contributed by atoms with van der Waals surface area (Å²) < 4.78 is 1.68. The Kier molecular flexibility index (Phi) is 2.68. The Morgan fingerprint density at radius 3 is 3.00 bits per heavy atom. The molecule has 0 radical (unpaired) electrons. The van der Waals surface area contributed by atoms with E-state index in [0.29, 0.717) is 0 Å². The van der Waals surface area contributed by atoms with E-state index in [1.165, 1.54) is 12.4 Å². The first kappa shape index (κ1) is 10.1. The molecule has 1 aliphatic carbocycles. The van der Waals surface area contributed by atoms with Crippen LogP contribution in [-0.2, 0) is 0 Å². The average Bonchev–Trinajstić information content (AvgIpc) is 2.66. The predicted molar refractivity (Wildman–Crippen MR) is 54.4 cm³/mol. The monoisotopic (exact) mass is 210 g/mol. The Morgan fingerprint density at radius 1 is 1.60 bits per heavy atom. The second kappa shape index (κ2) is 3.98. The normalized spacial score (nSPS) is 26.5. The van der Waals surface area contributed by atoms with Gasteiger partial charge in [-0.3, -0.25) is 14.8 Å². The lowest BCUT2D eigenvalue weighted by molar-refractivity contribution is -0.385. The standard InChI is InChI=1S/C9H14N4O2/c10-7-2-1-3-8(4-7)12-6-9(5-11-12)13(14)15/h5-8H,1-4,10H2. The summed E-state index contributed by atoms with van der Waals surface area (Å²) in [5.74, 6) is 0. The highest BCUT2D eigenvalue weighted by Gasteiger charge is 2.22. The quantitative estimate of drug-likeness (QED) is 0.587. The second-order valence-corrected chi connectivity index (χ2v) is 4.02. The van der Waals surface area contributed by atoms with Crippen molar-refractivity contribution in [2.75, 3.05) is 0 Å². The summed E-state index contributed by atoms with van der Waals surface area (Å²) in [5, 5.41) is 14.5. The third-order valence-electron chi connectivity index (χ3n) is 2.86. The minimum Gasteiger partial charge on any atom is -0.328 e. The number of hydrogen-bond donors (Lipinski definition) is 1. The molecule has 1 fully saturated rings. The van der Waals surface area contributed by atoms with Crippen LogP contribution in [0.15, 0.2) is 12.4 Å². The molecule has 0 amide bonds. The molecule has 2 rings (SSSR count). The summed E-state index contributed by atoms with van der Waals surface area (Å²) in [7, 11) is 0. The van der Waals surface area contributed by atoms with Gasteiger partial charge in [0.2, 0.25) is 0 Å². The first-order chi connectivity index (χ1) is 7.16. The zero-order valence-electron chi connectivity index (χ0n) is 8.37. The number of aromatic nitrogens is 2. The first-order valence-corrected chi connectivity index (χ1v) is 5.11. The summed E-state index contributed by atoms with van der Waals surface area (Å²) in [6, 6.07) is 0.425. The summed E-state index contributed by atoms with van der Waals surface area (Å²) in [6.45, 7) is 0. The molecule has 2 atom stereocenters. The molecule has 6 heteroatoms. The molecule has 2 N–H and O–H groups in total. The van der Waals surface area contributed by atoms with E-state index in [1.807, 2.05) is 0 Å². The lowest BCUT2D eigenvalue weighted by Crippen LogP contribution is -2.29. The van der Waals surface area contributed by atoms with E-state index in [4.69, 9.17) is 5.73 Å². The Bertz CT molecular complexity index is 363. The van der Waals surface area contributed by atoms with Crippen LogP contribution in [0, 0.1) is 10.1 Å². The number of hydrogen-bond acceptors (Lipinski definition) is 4. The van der Waals surface area contributed by atoms with E-state index in [9.17, 15) is 10.1 Å². The fourth-order valence-electron chi connectivity index (χ4n) is 2.06. The molecular formula is C9H14N4O2. The Morgan fingerprint density at radius 2 is 2.40 bits per heavy atom. The highest BCUT2D eigenvalue weighted by atomic mass is 16.6. The lowest BCUT2D eigenvalue weighted by Gasteiger charge is -2.26. The van der Waals surface area contributed by atoms with Crippen LogP contribution in [0.4, 0.5) is 5.69 Å². The molecule has 1 aromatic rings. The molecule has 1 aromatic heterocycles. The Labute approximate surface area is 87.2 Å². The lowest BCUT2D eigenvalue weighted by atomic mass is 9.92. The molecule has 0 spiro atoms. The molecule has 0 saturated heterocycles. The van der Waals surface area contributed by atoms with Gasteiger partial charge in [-0.05, 0) is 25.7 Å². The van der Waals surface area contributed by atoms with Crippen molar-refractivity contribution in [1.82, 2.24) is 9.78 Å². The summed E-state index contributed by atoms with van der Waals surface area (Å²) in [4.78, 5) is 10.1. The van der Waals surface area contributed by atoms with Gasteiger partial charge >= 0.3 is 5.69 Å². The number of nitrogens with two attached hydrogens (primary N) is 1. The average molecular weight is 210 g/mol. The van der Waals surface area contributed by atoms with E-state index in [-0.39, 0.29) is 17.8 Å². The molecule has 2 unspecified atom stereocenters. The van der Waals surface area contributed by atoms with Crippen molar-refractivity contribution < 1.29 is 4.92 Å². The summed E-state index contributed by atoms with van der Waals surface area (Å²) in [6.07, 6.45) is 6.76. The van der Waals surface area contributed by atoms with Gasteiger partial charge in [-0.2, -0.15) is 5.10 Å². The number of rotatable bonds is 2. The van der Waals surface area contributed by atoms with E-state index in [0.717, 1.165) is 25.7 Å². The minimum atomic E-state index is -0.424. The highest BCUT2D eigenvalue weighted by Crippen LogP contribution is 2.27. The molecule has 1 heterocycles. The van der Waals surface area contributed by atoms with Crippen LogP contribution < -0.4 is 5.73 Å². The smallest absolute Gasteiger partial charge is 0.307 e. The van der Waals surface area contributed by atoms with Gasteiger partial charge in [-0.15, -0.1) is 0 Å². The van der Waals surface area contributed by atoms with Crippen LogP contribution in [-0.4, -0.2) is 20.7 Å². The van der Waals surface area contributed by atoms with Gasteiger partial charge < -0.3 is 5.73 Å². The van der Waals surface area contributed by atoms with Gasteiger partial charge in [-0.1, -0.05) is 0 Å². The van der Waals surface area contributed by atoms with Crippen LogP contribution in [0.3, 0.4) is 0 Å². The first-order valence-electron chi connectivity index (χ1n) is 5.11. The van der Waals surface area contributed by atoms with Crippen LogP contribution in [0.2, 0.25) is 0 Å². The van der Waals surface area contributed by atoms with Crippen molar-refractivity contribution in [1.29, 1.82) is 0 Å². The molecule has 82 valence electrons. The van der Waals surface area contributed by atoms with Gasteiger partial charge in [0.1, 0.15) is 12.4 Å². The Balaban J connectivity index is 2.11. The third kappa shape index (κ3) is 2.15. The minimum absolute atomic E-state index is 0.0501. The van der Waals surface area contributed by atoms with E-state index in [2.05, 4.69) is 5.10 Å². The van der Waals surface area contributed by atoms with Crippen molar-refractivity contribution in [3.05, 3.63) is 22.5 Å². The fourth-order valence-corrected chi connectivity index (χ4v) is 2.06. The highest BCUT2D eigenvalue weighted by molar-refractivity contribution is 5.21. The summed E-state index contributed by atoms with van der Waals surface area (Å²) >= 11 is 0. The molecule has 1 saturated carbocycles. The van der Waals surface area contributed by atoms with E-state index in [1.54, 1.807) is 4.68 Å². The van der Waals surface area contributed by atoms with Crippen LogP contribution in [0.5, 0.6) is 0 Å². The van der Waals surface area contributed by atoms with E-state index < -0.39 is 4.92 Å². The predicted octanol–water partition coefficient (Wildman–Crippen LogP) is 1.23. The number of nitrogens with zero attached hydrogens (tertiary/aromatic N) is 3. The van der Waals surface area contributed by atoms with Crippen LogP contribution in [0.1, 0.15) is 31.7 Å². The van der Waals surface area contributed by atoms with Gasteiger partial charge in [0.05, 0.1) is 11.0 Å². The zero-order chi connectivity index (χ0) is 10.8. The van der Waals surface area contributed by atoms with Gasteiger partial charge in [0, 0.05) is 6.04 Å². The maximum absolute atomic E-state index is 10.5. The summed E-state index contributed by atoms with van der Waals surface area (Å²) in [5.41, 5.74) is 5.90. The van der Waals surface area contributed by atoms with Crippen molar-refractivity contribution in [2.24, 2.45) is 5.73 Å². The third-order valence-corrected chi connectivity index (χ3v) is 2.86. The van der Waals surface area contributed by atoms with Gasteiger partial charge in [-0.25, -0.2) is 0 Å². The SMILES string of the molecule is NC1CCCC(n2cc([N+](=O)[O-])cn2)C1. The number of nitro groups is 1. The maximum Gasteiger partial charge on any atom is 0.307 e. The second-order valence-electron chi connectivity index (χ2n) is 4.02. The zero-order valence-corrected chi connectivity index (χ0v) is 8.37. The fraction of sp³-hybridized carbons (Fsp3) is 0.667. The largest absolute Gasteiger partial charge is 0.328 e. The van der Waals surface area contributed by atoms with Crippen molar-refractivity contribution >= 4 is 5.69 Å². The molecular weight excluding hydrogens is 196 g/mol. The molecule has 0 aliphatic heterocycles. The molecule has 0 aromatic carbocycles. The maximum atomic E-state index is 10.5. The van der Waals surface area contributed by atoms with Crippen LogP contribution >= 0.6 is 0 Å². The molecule has 15 heavy (non-hydrogen) atoms. The molecule has 0 bridgehead atoms. The van der Waals surface area contributed by atoms with Crippen LogP contribution in [0.25, 0.3) is 0 Å². The van der Waals surface area contributed by atoms with Crippen molar-refractivity contribution in [3.8, 4) is 0 Å². The Hall–Kier alpha value is -1.43. The van der Waals surface area contributed by atoms with Gasteiger partial charge in [0.15, 0.2) is 0 Å². The topological polar surface area (TPSA) is 87.0 Å². The van der Waals surface area contributed by atoms with Crippen molar-refractivity contribution in [3.63, 3.8) is 0 Å². The van der Waals surface area contributed by atoms with Crippen molar-refractivity contribution in [2.45, 2.75) is 37.8 Å². The van der Waals surface area contributed by atoms with Gasteiger partial charge in [0.25, 0.3) is 0 Å².